The molecule has 0 saturated carbocycles. The van der Waals surface area contributed by atoms with E-state index >= 15 is 0 Å². The summed E-state index contributed by atoms with van der Waals surface area (Å²) < 4.78 is 17.8. The van der Waals surface area contributed by atoms with E-state index in [9.17, 15) is 9.59 Å². The fraction of sp³-hybridized carbons (Fsp3) is 0.429. The number of likely N-dealkylation sites (N-methyl/N-ethyl adjacent to an activating group) is 1. The maximum Gasteiger partial charge on any atom is 0.404 e. The first kappa shape index (κ1) is 35.0. The Kier molecular flexibility index (Phi) is 13.5. The van der Waals surface area contributed by atoms with E-state index in [0.29, 0.717) is 31.3 Å². The van der Waals surface area contributed by atoms with Gasteiger partial charge in [0.2, 0.25) is 0 Å². The minimum atomic E-state index is -1.12. The first-order chi connectivity index (χ1) is 22.3. The van der Waals surface area contributed by atoms with Crippen molar-refractivity contribution in [2.24, 2.45) is 0 Å². The number of aryl methyl sites for hydroxylation is 2. The Morgan fingerprint density at radius 2 is 1.87 bits per heavy atom. The largest absolute Gasteiger partial charge is 0.497 e. The van der Waals surface area contributed by atoms with Gasteiger partial charge in [-0.1, -0.05) is 67.1 Å². The number of carbonyl (C=O) groups excluding carboxylic acids is 1. The lowest BCUT2D eigenvalue weighted by molar-refractivity contribution is -0.105. The van der Waals surface area contributed by atoms with Crippen LogP contribution in [0, 0.1) is 0 Å². The maximum atomic E-state index is 13.4. The molecule has 0 aliphatic carbocycles. The first-order valence-electron chi connectivity index (χ1n) is 15.7. The summed E-state index contributed by atoms with van der Waals surface area (Å²) in [6.45, 7) is 3.85. The van der Waals surface area contributed by atoms with Gasteiger partial charge in [-0.15, -0.1) is 0 Å². The molecule has 0 aromatic heterocycles. The zero-order valence-electron chi connectivity index (χ0n) is 26.8. The van der Waals surface area contributed by atoms with Gasteiger partial charge in [0.25, 0.3) is 0 Å². The van der Waals surface area contributed by atoms with E-state index in [-0.39, 0.29) is 25.2 Å². The molecule has 248 valence electrons. The molecule has 3 amide bonds. The molecule has 1 heterocycles. The molecule has 1 aliphatic heterocycles. The Morgan fingerprint density at radius 3 is 2.59 bits per heavy atom. The van der Waals surface area contributed by atoms with Crippen molar-refractivity contribution >= 4 is 23.7 Å². The summed E-state index contributed by atoms with van der Waals surface area (Å²) in [5.74, 6) is 0.826. The number of hydrogen-bond acceptors (Lipinski definition) is 6. The molecule has 3 aromatic rings. The van der Waals surface area contributed by atoms with E-state index < -0.39 is 18.3 Å². The Labute approximate surface area is 276 Å². The Hall–Kier alpha value is -3.83. The standard InChI is InChI=1S/C35H45ClN4O6/c1-4-24-7-5-8-26(21-24)32-29(9-6-10-30(32)36)33(46-19-17-38-35(42)43)31-23-40(18-20-45-31)34(41)39-22-27(37-2)14-11-25-12-15-28(44-3)16-13-25/h5-10,12-13,15-16,21,27,31,33,37-38H,4,11,14,17-20,22-23H2,1-3H3,(H,39,41)(H,42,43)/t27-,31-,33?/m1/s1. The number of rotatable bonds is 15. The van der Waals surface area contributed by atoms with Crippen molar-refractivity contribution in [1.82, 2.24) is 20.9 Å². The number of benzene rings is 3. The molecule has 46 heavy (non-hydrogen) atoms. The molecule has 0 spiro atoms. The van der Waals surface area contributed by atoms with Crippen molar-refractivity contribution in [3.05, 3.63) is 88.4 Å². The van der Waals surface area contributed by atoms with Crippen LogP contribution in [-0.4, -0.2) is 87.8 Å². The predicted octanol–water partition coefficient (Wildman–Crippen LogP) is 5.53. The van der Waals surface area contributed by atoms with E-state index in [1.165, 1.54) is 11.1 Å². The van der Waals surface area contributed by atoms with Crippen LogP contribution in [0.3, 0.4) is 0 Å². The zero-order chi connectivity index (χ0) is 32.9. The number of nitrogens with zero attached hydrogens (tertiary/aromatic N) is 1. The molecule has 1 aliphatic rings. The summed E-state index contributed by atoms with van der Waals surface area (Å²) >= 11 is 6.81. The van der Waals surface area contributed by atoms with Gasteiger partial charge in [0.15, 0.2) is 0 Å². The van der Waals surface area contributed by atoms with Crippen molar-refractivity contribution in [1.29, 1.82) is 0 Å². The number of urea groups is 1. The lowest BCUT2D eigenvalue weighted by Gasteiger charge is -2.38. The highest BCUT2D eigenvalue weighted by molar-refractivity contribution is 6.33. The third-order valence-electron chi connectivity index (χ3n) is 8.22. The maximum absolute atomic E-state index is 13.4. The molecule has 4 rings (SSSR count). The third kappa shape index (κ3) is 9.83. The number of nitrogens with one attached hydrogen (secondary N) is 3. The molecule has 0 radical (unpaired) electrons. The third-order valence-corrected chi connectivity index (χ3v) is 8.53. The number of ether oxygens (including phenoxy) is 3. The second-order valence-corrected chi connectivity index (χ2v) is 11.6. The number of amides is 3. The summed E-state index contributed by atoms with van der Waals surface area (Å²) in [4.78, 5) is 26.2. The molecule has 0 bridgehead atoms. The van der Waals surface area contributed by atoms with Crippen LogP contribution in [-0.2, 0) is 22.3 Å². The quantitative estimate of drug-likeness (QED) is 0.159. The molecule has 3 atom stereocenters. The van der Waals surface area contributed by atoms with Crippen molar-refractivity contribution in [2.75, 3.05) is 53.6 Å². The summed E-state index contributed by atoms with van der Waals surface area (Å²) in [6, 6.07) is 21.8. The SMILES string of the molecule is CCc1cccc(-c2c(Cl)cccc2C(OCCNC(=O)O)[C@H]2CN(C(=O)NC[C@@H](CCc3ccc(OC)cc3)NC)CCO2)c1. The fourth-order valence-corrected chi connectivity index (χ4v) is 5.91. The van der Waals surface area contributed by atoms with Crippen molar-refractivity contribution in [3.63, 3.8) is 0 Å². The second kappa shape index (κ2) is 17.8. The van der Waals surface area contributed by atoms with Crippen LogP contribution in [0.15, 0.2) is 66.7 Å². The van der Waals surface area contributed by atoms with Crippen LogP contribution in [0.1, 0.15) is 36.1 Å². The number of methoxy groups -OCH3 is 1. The van der Waals surface area contributed by atoms with Crippen LogP contribution >= 0.6 is 11.6 Å². The van der Waals surface area contributed by atoms with Gasteiger partial charge >= 0.3 is 12.1 Å². The number of carbonyl (C=O) groups is 2. The predicted molar refractivity (Wildman–Crippen MR) is 180 cm³/mol. The molecule has 1 saturated heterocycles. The zero-order valence-corrected chi connectivity index (χ0v) is 27.5. The highest BCUT2D eigenvalue weighted by Gasteiger charge is 2.34. The Balaban J connectivity index is 1.47. The van der Waals surface area contributed by atoms with E-state index in [2.05, 4.69) is 47.1 Å². The lowest BCUT2D eigenvalue weighted by atomic mass is 9.92. The molecule has 1 unspecified atom stereocenters. The summed E-state index contributed by atoms with van der Waals surface area (Å²) in [5.41, 5.74) is 4.98. The Morgan fingerprint density at radius 1 is 1.09 bits per heavy atom. The molecular weight excluding hydrogens is 608 g/mol. The van der Waals surface area contributed by atoms with E-state index in [1.54, 1.807) is 12.0 Å². The monoisotopic (exact) mass is 652 g/mol. The highest BCUT2D eigenvalue weighted by atomic mass is 35.5. The van der Waals surface area contributed by atoms with Gasteiger partial charge in [0.1, 0.15) is 18.0 Å². The highest BCUT2D eigenvalue weighted by Crippen LogP contribution is 2.39. The topological polar surface area (TPSA) is 121 Å². The molecule has 1 fully saturated rings. The van der Waals surface area contributed by atoms with Gasteiger partial charge in [0.05, 0.1) is 26.9 Å². The summed E-state index contributed by atoms with van der Waals surface area (Å²) in [5, 5.41) is 18.4. The number of hydrogen-bond donors (Lipinski definition) is 4. The number of halogens is 1. The molecule has 4 N–H and O–H groups in total. The first-order valence-corrected chi connectivity index (χ1v) is 16.1. The molecule has 11 heteroatoms. The van der Waals surface area contributed by atoms with Gasteiger partial charge in [-0.05, 0) is 66.8 Å². The van der Waals surface area contributed by atoms with Crippen LogP contribution in [0.25, 0.3) is 11.1 Å². The van der Waals surface area contributed by atoms with Gasteiger partial charge in [-0.3, -0.25) is 0 Å². The lowest BCUT2D eigenvalue weighted by Crippen LogP contribution is -2.53. The van der Waals surface area contributed by atoms with Crippen molar-refractivity contribution < 1.29 is 28.9 Å². The molecule has 10 nitrogen and oxygen atoms in total. The Bertz CT molecular complexity index is 1420. The number of carboxylic acid groups (broad SMARTS) is 1. The molecular formula is C35H45ClN4O6. The van der Waals surface area contributed by atoms with E-state index in [0.717, 1.165) is 41.7 Å². The molecule has 3 aromatic carbocycles. The van der Waals surface area contributed by atoms with Crippen LogP contribution in [0.5, 0.6) is 5.75 Å². The van der Waals surface area contributed by atoms with E-state index in [1.807, 2.05) is 49.5 Å². The van der Waals surface area contributed by atoms with Gasteiger partial charge in [0, 0.05) is 36.3 Å². The number of morpholine rings is 1. The van der Waals surface area contributed by atoms with Gasteiger partial charge in [-0.25, -0.2) is 9.59 Å². The minimum Gasteiger partial charge on any atom is -0.497 e. The van der Waals surface area contributed by atoms with E-state index in [4.69, 9.17) is 30.9 Å². The average Bonchev–Trinajstić information content (AvgIpc) is 3.08. The van der Waals surface area contributed by atoms with Crippen LogP contribution in [0.2, 0.25) is 5.02 Å². The fourth-order valence-electron chi connectivity index (χ4n) is 5.62. The summed E-state index contributed by atoms with van der Waals surface area (Å²) in [6.07, 6.45) is 0.349. The van der Waals surface area contributed by atoms with Crippen LogP contribution < -0.4 is 20.7 Å². The normalized spacial score (nSPS) is 16.0. The average molecular weight is 653 g/mol. The smallest absolute Gasteiger partial charge is 0.404 e. The van der Waals surface area contributed by atoms with Crippen molar-refractivity contribution in [2.45, 2.75) is 44.4 Å². The van der Waals surface area contributed by atoms with Crippen LogP contribution in [0.4, 0.5) is 9.59 Å². The second-order valence-electron chi connectivity index (χ2n) is 11.2. The minimum absolute atomic E-state index is 0.0913. The summed E-state index contributed by atoms with van der Waals surface area (Å²) in [7, 11) is 3.55. The van der Waals surface area contributed by atoms with Crippen molar-refractivity contribution in [3.8, 4) is 16.9 Å². The van der Waals surface area contributed by atoms with Gasteiger partial charge in [-0.2, -0.15) is 0 Å². The van der Waals surface area contributed by atoms with Gasteiger partial charge < -0.3 is 40.2 Å².